The first-order valence-corrected chi connectivity index (χ1v) is 9.33. The Morgan fingerprint density at radius 3 is 2.57 bits per heavy atom. The maximum absolute atomic E-state index is 13.3. The number of aromatic nitrogens is 3. The Morgan fingerprint density at radius 1 is 1.20 bits per heavy atom. The lowest BCUT2D eigenvalue weighted by Crippen LogP contribution is -2.36. The molecule has 0 fully saturated rings. The fourth-order valence-corrected chi connectivity index (χ4v) is 4.14. The number of fused-ring (bicyclic) bond motifs is 1. The summed E-state index contributed by atoms with van der Waals surface area (Å²) in [5.41, 5.74) is 1.06. The molecule has 0 unspecified atom stereocenters. The number of allylic oxidation sites excluding steroid dienone is 2. The van der Waals surface area contributed by atoms with Gasteiger partial charge in [0, 0.05) is 23.3 Å². The Morgan fingerprint density at radius 2 is 1.93 bits per heavy atom. The largest absolute Gasteiger partial charge is 0.493 e. The number of carbonyl (C=O) groups excluding carboxylic acids is 1. The van der Waals surface area contributed by atoms with E-state index in [1.165, 1.54) is 14.2 Å². The second kappa shape index (κ2) is 6.75. The summed E-state index contributed by atoms with van der Waals surface area (Å²) in [4.78, 5) is 16.8. The number of nitrogens with one attached hydrogen (secondary N) is 1. The topological polar surface area (TPSA) is 78.3 Å². The van der Waals surface area contributed by atoms with E-state index in [2.05, 4.69) is 15.4 Å². The highest BCUT2D eigenvalue weighted by molar-refractivity contribution is 6.00. The molecule has 30 heavy (non-hydrogen) atoms. The molecule has 0 amide bonds. The summed E-state index contributed by atoms with van der Waals surface area (Å²) in [7, 11) is 2.90. The van der Waals surface area contributed by atoms with Crippen LogP contribution in [0.3, 0.4) is 0 Å². The summed E-state index contributed by atoms with van der Waals surface area (Å²) in [6, 6.07) is 4.13. The van der Waals surface area contributed by atoms with Crippen molar-refractivity contribution in [1.82, 2.24) is 14.8 Å². The summed E-state index contributed by atoms with van der Waals surface area (Å²) in [6.07, 6.45) is -3.96. The van der Waals surface area contributed by atoms with Crippen LogP contribution in [0.2, 0.25) is 0 Å². The molecule has 1 N–H and O–H groups in total. The van der Waals surface area contributed by atoms with Crippen LogP contribution in [-0.4, -0.2) is 34.8 Å². The van der Waals surface area contributed by atoms with Crippen molar-refractivity contribution >= 4 is 11.7 Å². The Labute approximate surface area is 170 Å². The fraction of sp³-hybridized carbons (Fsp3) is 0.450. The maximum atomic E-state index is 13.3. The van der Waals surface area contributed by atoms with Crippen LogP contribution in [0.4, 0.5) is 19.1 Å². The summed E-state index contributed by atoms with van der Waals surface area (Å²) >= 11 is 0. The Balaban J connectivity index is 1.98. The van der Waals surface area contributed by atoms with Crippen molar-refractivity contribution in [3.05, 3.63) is 40.9 Å². The van der Waals surface area contributed by atoms with E-state index in [0.717, 1.165) is 4.68 Å². The van der Waals surface area contributed by atoms with Crippen molar-refractivity contribution in [3.8, 4) is 11.5 Å². The molecule has 0 saturated heterocycles. The van der Waals surface area contributed by atoms with E-state index in [1.807, 2.05) is 13.8 Å². The van der Waals surface area contributed by atoms with Crippen molar-refractivity contribution in [3.63, 3.8) is 0 Å². The lowest BCUT2D eigenvalue weighted by Gasteiger charge is -2.38. The molecule has 2 aromatic rings. The molecule has 1 aromatic carbocycles. The Hall–Kier alpha value is -3.04. The molecule has 160 valence electrons. The number of Topliss-reactive ketones (excluding diaryl/α,β-unsaturated/α-hetero) is 1. The highest BCUT2D eigenvalue weighted by Gasteiger charge is 2.45. The number of para-hydroxylation sites is 1. The van der Waals surface area contributed by atoms with Gasteiger partial charge in [-0.1, -0.05) is 26.0 Å². The number of ether oxygens (including phenoxy) is 2. The van der Waals surface area contributed by atoms with Gasteiger partial charge in [-0.3, -0.25) is 4.79 Å². The minimum absolute atomic E-state index is 0.0681. The average molecular weight is 422 g/mol. The number of alkyl halides is 3. The maximum Gasteiger partial charge on any atom is 0.453 e. The first-order valence-electron chi connectivity index (χ1n) is 9.33. The third-order valence-corrected chi connectivity index (χ3v) is 5.31. The molecule has 1 aliphatic carbocycles. The number of methoxy groups -OCH3 is 2. The standard InChI is InChI=1S/C20H21F3N4O3/c1-19(2)8-11-14(12(28)9-19)15(10-6-5-7-13(29-3)16(10)30-4)27-18(24-11)25-17(26-27)20(21,22)23/h5-7,15H,8-9H2,1-4H3,(H,24,25,26)/t15-/m1/s1. The number of hydrogen-bond acceptors (Lipinski definition) is 6. The first-order chi connectivity index (χ1) is 14.1. The van der Waals surface area contributed by atoms with Gasteiger partial charge in [-0.15, -0.1) is 5.10 Å². The fourth-order valence-electron chi connectivity index (χ4n) is 4.14. The number of carbonyl (C=O) groups is 1. The number of rotatable bonds is 3. The third kappa shape index (κ3) is 3.20. The molecule has 2 aliphatic rings. The highest BCUT2D eigenvalue weighted by atomic mass is 19.4. The number of hydrogen-bond donors (Lipinski definition) is 1. The molecule has 1 aromatic heterocycles. The number of benzene rings is 1. The van der Waals surface area contributed by atoms with E-state index in [9.17, 15) is 18.0 Å². The van der Waals surface area contributed by atoms with E-state index >= 15 is 0 Å². The quantitative estimate of drug-likeness (QED) is 0.807. The van der Waals surface area contributed by atoms with Crippen LogP contribution in [-0.2, 0) is 11.0 Å². The van der Waals surface area contributed by atoms with Crippen LogP contribution < -0.4 is 14.8 Å². The monoisotopic (exact) mass is 422 g/mol. The molecule has 4 rings (SSSR count). The second-order valence-electron chi connectivity index (χ2n) is 8.14. The van der Waals surface area contributed by atoms with Gasteiger partial charge in [-0.2, -0.15) is 18.2 Å². The Kier molecular flexibility index (Phi) is 4.55. The number of nitrogens with zero attached hydrogens (tertiary/aromatic N) is 3. The number of ketones is 1. The second-order valence-corrected chi connectivity index (χ2v) is 8.14. The van der Waals surface area contributed by atoms with Crippen LogP contribution in [0, 0.1) is 5.41 Å². The molecule has 10 heteroatoms. The first kappa shape index (κ1) is 20.2. The summed E-state index contributed by atoms with van der Waals surface area (Å²) in [5, 5.41) is 6.63. The molecule has 7 nitrogen and oxygen atoms in total. The molecule has 0 saturated carbocycles. The SMILES string of the molecule is COc1cccc([C@@H]2C3=C(CC(C)(C)CC3=O)Nc3nc(C(F)(F)F)nn32)c1OC. The van der Waals surface area contributed by atoms with E-state index in [4.69, 9.17) is 9.47 Å². The predicted octanol–water partition coefficient (Wildman–Crippen LogP) is 3.97. The molecular formula is C20H21F3N4O3. The van der Waals surface area contributed by atoms with Crippen molar-refractivity contribution in [2.75, 3.05) is 19.5 Å². The van der Waals surface area contributed by atoms with Gasteiger partial charge in [-0.25, -0.2) is 4.68 Å². The average Bonchev–Trinajstić information content (AvgIpc) is 3.08. The van der Waals surface area contributed by atoms with Gasteiger partial charge in [0.15, 0.2) is 17.3 Å². The van der Waals surface area contributed by atoms with E-state index in [1.54, 1.807) is 18.2 Å². The van der Waals surface area contributed by atoms with Gasteiger partial charge in [0.2, 0.25) is 5.95 Å². The van der Waals surface area contributed by atoms with Crippen molar-refractivity contribution in [2.24, 2.45) is 5.41 Å². The molecule has 2 heterocycles. The lowest BCUT2D eigenvalue weighted by molar-refractivity contribution is -0.145. The van der Waals surface area contributed by atoms with Crippen molar-refractivity contribution in [2.45, 2.75) is 38.9 Å². The van der Waals surface area contributed by atoms with Gasteiger partial charge >= 0.3 is 6.18 Å². The minimum Gasteiger partial charge on any atom is -0.493 e. The zero-order valence-corrected chi connectivity index (χ0v) is 16.9. The zero-order valence-electron chi connectivity index (χ0n) is 16.9. The van der Waals surface area contributed by atoms with Gasteiger partial charge < -0.3 is 14.8 Å². The molecule has 0 spiro atoms. The molecule has 0 radical (unpaired) electrons. The van der Waals surface area contributed by atoms with Gasteiger partial charge in [0.25, 0.3) is 5.82 Å². The minimum atomic E-state index is -4.72. The van der Waals surface area contributed by atoms with Gasteiger partial charge in [-0.05, 0) is 17.9 Å². The van der Waals surface area contributed by atoms with Crippen LogP contribution in [0.5, 0.6) is 11.5 Å². The normalized spacial score (nSPS) is 20.4. The molecule has 1 atom stereocenters. The molecular weight excluding hydrogens is 401 g/mol. The van der Waals surface area contributed by atoms with Crippen molar-refractivity contribution < 1.29 is 27.4 Å². The number of anilines is 1. The lowest BCUT2D eigenvalue weighted by atomic mass is 9.73. The molecule has 0 bridgehead atoms. The third-order valence-electron chi connectivity index (χ3n) is 5.31. The van der Waals surface area contributed by atoms with E-state index < -0.39 is 18.0 Å². The predicted molar refractivity (Wildman–Crippen MR) is 101 cm³/mol. The molecule has 1 aliphatic heterocycles. The summed E-state index contributed by atoms with van der Waals surface area (Å²) < 4.78 is 52.0. The van der Waals surface area contributed by atoms with Crippen molar-refractivity contribution in [1.29, 1.82) is 0 Å². The van der Waals surface area contributed by atoms with E-state index in [0.29, 0.717) is 34.8 Å². The number of halogens is 3. The van der Waals surface area contributed by atoms with Gasteiger partial charge in [0.05, 0.1) is 14.2 Å². The summed E-state index contributed by atoms with van der Waals surface area (Å²) in [6.45, 7) is 3.88. The summed E-state index contributed by atoms with van der Waals surface area (Å²) in [5.74, 6) is -0.772. The smallest absolute Gasteiger partial charge is 0.453 e. The van der Waals surface area contributed by atoms with Crippen LogP contribution in [0.25, 0.3) is 0 Å². The Bertz CT molecular complexity index is 1060. The van der Waals surface area contributed by atoms with Crippen LogP contribution in [0.1, 0.15) is 44.1 Å². The highest BCUT2D eigenvalue weighted by Crippen LogP contribution is 2.48. The van der Waals surface area contributed by atoms with Gasteiger partial charge in [0.1, 0.15) is 6.04 Å². The zero-order chi connectivity index (χ0) is 21.8. The van der Waals surface area contributed by atoms with E-state index in [-0.39, 0.29) is 23.6 Å². The van der Waals surface area contributed by atoms with Crippen LogP contribution in [0.15, 0.2) is 29.5 Å². The van der Waals surface area contributed by atoms with Crippen LogP contribution >= 0.6 is 0 Å².